The molecule has 1 aliphatic rings. The van der Waals surface area contributed by atoms with Crippen molar-refractivity contribution in [2.75, 3.05) is 19.8 Å². The standard InChI is InChI=1S/C19H34O5Si2/c1-6-20-26(21-7-2,22-8-3)14-10-11-17-12-13-19-18(15-17)16-23-25(5,9-4)24-19/h12-13,15H,6-11,14,16H2,1-5H3. The maximum Gasteiger partial charge on any atom is 0.500 e. The van der Waals surface area contributed by atoms with E-state index in [1.807, 2.05) is 20.8 Å². The molecule has 1 heterocycles. The van der Waals surface area contributed by atoms with Crippen LogP contribution in [0.3, 0.4) is 0 Å². The third-order valence-corrected chi connectivity index (χ3v) is 10.5. The highest BCUT2D eigenvalue weighted by Gasteiger charge is 2.39. The number of rotatable bonds is 11. The van der Waals surface area contributed by atoms with Crippen molar-refractivity contribution >= 4 is 17.4 Å². The molecule has 148 valence electrons. The number of benzene rings is 1. The minimum atomic E-state index is -2.55. The molecule has 0 bridgehead atoms. The van der Waals surface area contributed by atoms with Crippen molar-refractivity contribution in [2.45, 2.75) is 65.8 Å². The topological polar surface area (TPSA) is 46.2 Å². The van der Waals surface area contributed by atoms with E-state index in [1.54, 1.807) is 0 Å². The molecule has 0 aromatic heterocycles. The van der Waals surface area contributed by atoms with Gasteiger partial charge in [0.2, 0.25) is 0 Å². The quantitative estimate of drug-likeness (QED) is 0.507. The Kier molecular flexibility index (Phi) is 8.31. The summed E-state index contributed by atoms with van der Waals surface area (Å²) in [4.78, 5) is 0. The molecule has 0 saturated heterocycles. The van der Waals surface area contributed by atoms with Gasteiger partial charge in [-0.2, -0.15) is 0 Å². The molecule has 1 atom stereocenters. The lowest BCUT2D eigenvalue weighted by Gasteiger charge is -2.32. The van der Waals surface area contributed by atoms with Crippen LogP contribution in [0.15, 0.2) is 18.2 Å². The smallest absolute Gasteiger partial charge is 0.500 e. The molecule has 1 unspecified atom stereocenters. The fourth-order valence-corrected chi connectivity index (χ4v) is 7.32. The van der Waals surface area contributed by atoms with Gasteiger partial charge in [0.15, 0.2) is 0 Å². The van der Waals surface area contributed by atoms with Gasteiger partial charge < -0.3 is 22.1 Å². The first kappa shape index (κ1) is 21.6. The number of hydrogen-bond donors (Lipinski definition) is 0. The predicted octanol–water partition coefficient (Wildman–Crippen LogP) is 4.67. The summed E-state index contributed by atoms with van der Waals surface area (Å²) in [5.41, 5.74) is 2.45. The first-order valence-corrected chi connectivity index (χ1v) is 14.3. The average molecular weight is 399 g/mol. The minimum Gasteiger partial charge on any atom is -0.520 e. The fraction of sp³-hybridized carbons (Fsp3) is 0.684. The van der Waals surface area contributed by atoms with E-state index in [0.29, 0.717) is 26.4 Å². The van der Waals surface area contributed by atoms with Crippen molar-refractivity contribution in [3.63, 3.8) is 0 Å². The lowest BCUT2D eigenvalue weighted by molar-refractivity contribution is 0.0708. The number of hydrogen-bond acceptors (Lipinski definition) is 5. The third-order valence-electron chi connectivity index (χ3n) is 4.67. The second-order valence-electron chi connectivity index (χ2n) is 6.66. The molecule has 2 rings (SSSR count). The summed E-state index contributed by atoms with van der Waals surface area (Å²) < 4.78 is 30.0. The fourth-order valence-electron chi connectivity index (χ4n) is 3.18. The van der Waals surface area contributed by atoms with Gasteiger partial charge in [-0.3, -0.25) is 0 Å². The maximum atomic E-state index is 6.14. The third kappa shape index (κ3) is 5.64. The van der Waals surface area contributed by atoms with Crippen LogP contribution in [0.1, 0.15) is 45.2 Å². The molecule has 7 heteroatoms. The minimum absolute atomic E-state index is 0.625. The molecule has 1 aromatic carbocycles. The van der Waals surface area contributed by atoms with E-state index in [0.717, 1.165) is 36.2 Å². The van der Waals surface area contributed by atoms with Gasteiger partial charge in [0.1, 0.15) is 5.75 Å². The molecule has 26 heavy (non-hydrogen) atoms. The van der Waals surface area contributed by atoms with Crippen LogP contribution in [0.4, 0.5) is 0 Å². The van der Waals surface area contributed by atoms with Gasteiger partial charge in [-0.25, -0.2) is 0 Å². The van der Waals surface area contributed by atoms with Crippen LogP contribution in [0.25, 0.3) is 0 Å². The lowest BCUT2D eigenvalue weighted by Crippen LogP contribution is -2.46. The van der Waals surface area contributed by atoms with Gasteiger partial charge in [0, 0.05) is 31.4 Å². The highest BCUT2D eigenvalue weighted by Crippen LogP contribution is 2.32. The largest absolute Gasteiger partial charge is 0.520 e. The summed E-state index contributed by atoms with van der Waals surface area (Å²) in [5.74, 6) is 0.998. The van der Waals surface area contributed by atoms with E-state index >= 15 is 0 Å². The molecule has 1 aromatic rings. The molecule has 0 aliphatic carbocycles. The molecule has 0 spiro atoms. The Hall–Kier alpha value is -0.706. The second-order valence-corrected chi connectivity index (χ2v) is 12.9. The van der Waals surface area contributed by atoms with E-state index < -0.39 is 17.4 Å². The van der Waals surface area contributed by atoms with Crippen LogP contribution in [0.5, 0.6) is 5.75 Å². The van der Waals surface area contributed by atoms with Crippen molar-refractivity contribution in [1.29, 1.82) is 0 Å². The lowest BCUT2D eigenvalue weighted by atomic mass is 10.1. The summed E-state index contributed by atoms with van der Waals surface area (Å²) in [6.45, 7) is 12.8. The molecular formula is C19H34O5Si2. The zero-order valence-electron chi connectivity index (χ0n) is 16.9. The van der Waals surface area contributed by atoms with Gasteiger partial charge in [-0.1, -0.05) is 13.0 Å². The Bertz CT molecular complexity index is 552. The van der Waals surface area contributed by atoms with Crippen molar-refractivity contribution < 1.29 is 22.1 Å². The molecule has 0 fully saturated rings. The van der Waals surface area contributed by atoms with Crippen molar-refractivity contribution in [2.24, 2.45) is 0 Å². The van der Waals surface area contributed by atoms with Crippen LogP contribution in [-0.2, 0) is 30.7 Å². The molecular weight excluding hydrogens is 364 g/mol. The monoisotopic (exact) mass is 398 g/mol. The number of fused-ring (bicyclic) bond motifs is 1. The van der Waals surface area contributed by atoms with Crippen LogP contribution < -0.4 is 4.43 Å². The zero-order valence-corrected chi connectivity index (χ0v) is 18.9. The van der Waals surface area contributed by atoms with E-state index in [2.05, 4.69) is 31.7 Å². The average Bonchev–Trinajstić information content (AvgIpc) is 2.62. The Morgan fingerprint density at radius 1 is 1.04 bits per heavy atom. The Morgan fingerprint density at radius 2 is 1.69 bits per heavy atom. The van der Waals surface area contributed by atoms with Gasteiger partial charge in [0.05, 0.1) is 6.61 Å². The summed E-state index contributed by atoms with van der Waals surface area (Å²) in [5, 5.41) is 0. The Labute approximate surface area is 160 Å². The first-order chi connectivity index (χ1) is 12.5. The maximum absolute atomic E-state index is 6.14. The van der Waals surface area contributed by atoms with Crippen LogP contribution >= 0.6 is 0 Å². The van der Waals surface area contributed by atoms with Crippen molar-refractivity contribution in [3.8, 4) is 5.75 Å². The molecule has 0 N–H and O–H groups in total. The van der Waals surface area contributed by atoms with Gasteiger partial charge >= 0.3 is 17.4 Å². The van der Waals surface area contributed by atoms with E-state index in [4.69, 9.17) is 22.1 Å². The van der Waals surface area contributed by atoms with E-state index in [1.165, 1.54) is 5.56 Å². The highest BCUT2D eigenvalue weighted by molar-refractivity contribution is 6.66. The van der Waals surface area contributed by atoms with Crippen LogP contribution in [-0.4, -0.2) is 37.2 Å². The molecule has 0 amide bonds. The van der Waals surface area contributed by atoms with E-state index in [-0.39, 0.29) is 0 Å². The predicted molar refractivity (Wildman–Crippen MR) is 108 cm³/mol. The van der Waals surface area contributed by atoms with Crippen LogP contribution in [0, 0.1) is 0 Å². The van der Waals surface area contributed by atoms with Crippen molar-refractivity contribution in [1.82, 2.24) is 0 Å². The summed E-state index contributed by atoms with van der Waals surface area (Å²) in [6.07, 6.45) is 1.95. The second kappa shape index (κ2) is 10.0. The molecule has 5 nitrogen and oxygen atoms in total. The summed E-state index contributed by atoms with van der Waals surface area (Å²) in [7, 11) is -4.55. The van der Waals surface area contributed by atoms with Crippen LogP contribution in [0.2, 0.25) is 18.6 Å². The first-order valence-electron chi connectivity index (χ1n) is 9.86. The Morgan fingerprint density at radius 3 is 2.27 bits per heavy atom. The molecule has 0 saturated carbocycles. The van der Waals surface area contributed by atoms with Crippen molar-refractivity contribution in [3.05, 3.63) is 29.3 Å². The van der Waals surface area contributed by atoms with Gasteiger partial charge in [0.25, 0.3) is 0 Å². The molecule has 1 aliphatic heterocycles. The SMILES string of the molecule is CCO[Si](CCCc1ccc2c(c1)CO[Si](C)(CC)O2)(OCC)OCC. The Balaban J connectivity index is 1.97. The summed E-state index contributed by atoms with van der Waals surface area (Å²) >= 11 is 0. The molecule has 0 radical (unpaired) electrons. The zero-order chi connectivity index (χ0) is 19.0. The normalized spacial score (nSPS) is 19.9. The highest BCUT2D eigenvalue weighted by atomic mass is 28.4. The van der Waals surface area contributed by atoms with Gasteiger partial charge in [-0.15, -0.1) is 0 Å². The van der Waals surface area contributed by atoms with Gasteiger partial charge in [-0.05, 0) is 63.9 Å². The number of aryl methyl sites for hydroxylation is 1. The summed E-state index contributed by atoms with van der Waals surface area (Å²) in [6, 6.07) is 8.29. The van der Waals surface area contributed by atoms with E-state index in [9.17, 15) is 0 Å².